The summed E-state index contributed by atoms with van der Waals surface area (Å²) in [6.45, 7) is 5.14. The standard InChI is InChI=1S/C24H25ClFN5O3/c1-14-13-34-23-20-15(11-18(26)21(23)30-9-7-29(2)8-10-30)22(32)16(12-31(14)20)24(33)28-27-19-6-4-3-5-17(19)25/h3-6,11-12,14,27H,7-10,13H2,1-2H3,(H,28,33)/t14-/m0/s1. The number of rotatable bonds is 4. The summed E-state index contributed by atoms with van der Waals surface area (Å²) in [4.78, 5) is 30.4. The van der Waals surface area contributed by atoms with E-state index in [1.54, 1.807) is 24.3 Å². The van der Waals surface area contributed by atoms with E-state index >= 15 is 4.39 Å². The Kier molecular flexibility index (Phi) is 5.83. The summed E-state index contributed by atoms with van der Waals surface area (Å²) in [7, 11) is 2.03. The van der Waals surface area contributed by atoms with Gasteiger partial charge < -0.3 is 19.1 Å². The number of aromatic nitrogens is 1. The summed E-state index contributed by atoms with van der Waals surface area (Å²) < 4.78 is 23.2. The first-order valence-electron chi connectivity index (χ1n) is 11.1. The molecule has 2 aliphatic rings. The number of nitrogens with one attached hydrogen (secondary N) is 2. The predicted octanol–water partition coefficient (Wildman–Crippen LogP) is 3.26. The third-order valence-corrected chi connectivity index (χ3v) is 6.72. The highest BCUT2D eigenvalue weighted by molar-refractivity contribution is 6.33. The number of ether oxygens (including phenoxy) is 1. The van der Waals surface area contributed by atoms with Crippen LogP contribution in [0.3, 0.4) is 0 Å². The molecule has 0 bridgehead atoms. The smallest absolute Gasteiger partial charge is 0.275 e. The minimum atomic E-state index is -0.639. The van der Waals surface area contributed by atoms with Crippen molar-refractivity contribution < 1.29 is 13.9 Å². The van der Waals surface area contributed by atoms with Crippen LogP contribution in [-0.4, -0.2) is 55.2 Å². The third kappa shape index (κ3) is 3.84. The van der Waals surface area contributed by atoms with Gasteiger partial charge >= 0.3 is 0 Å². The molecule has 1 fully saturated rings. The molecule has 1 atom stereocenters. The SMILES string of the molecule is C[C@H]1COc2c(N3CCN(C)CC3)c(F)cc3c(=O)c(C(=O)NNc4ccccc4Cl)cn1c23. The number of hydrazine groups is 1. The van der Waals surface area contributed by atoms with Crippen molar-refractivity contribution in [3.05, 3.63) is 63.2 Å². The zero-order chi connectivity index (χ0) is 24.0. The fourth-order valence-corrected chi connectivity index (χ4v) is 4.64. The lowest BCUT2D eigenvalue weighted by atomic mass is 10.0. The van der Waals surface area contributed by atoms with Crippen LogP contribution >= 0.6 is 11.6 Å². The Hall–Kier alpha value is -3.30. The Labute approximate surface area is 200 Å². The monoisotopic (exact) mass is 485 g/mol. The van der Waals surface area contributed by atoms with Crippen molar-refractivity contribution in [3.63, 3.8) is 0 Å². The van der Waals surface area contributed by atoms with Crippen LogP contribution in [0.5, 0.6) is 5.75 Å². The van der Waals surface area contributed by atoms with Crippen molar-refractivity contribution in [2.75, 3.05) is 50.2 Å². The molecule has 8 nitrogen and oxygen atoms in total. The van der Waals surface area contributed by atoms with Crippen molar-refractivity contribution >= 4 is 39.8 Å². The lowest BCUT2D eigenvalue weighted by molar-refractivity contribution is 0.0960. The first kappa shape index (κ1) is 22.5. The molecular weight excluding hydrogens is 461 g/mol. The Balaban J connectivity index is 1.57. The molecule has 0 unspecified atom stereocenters. The summed E-state index contributed by atoms with van der Waals surface area (Å²) in [6, 6.07) is 7.98. The second-order valence-corrected chi connectivity index (χ2v) is 9.13. The first-order chi connectivity index (χ1) is 16.3. The van der Waals surface area contributed by atoms with E-state index in [4.69, 9.17) is 16.3 Å². The summed E-state index contributed by atoms with van der Waals surface area (Å²) >= 11 is 6.12. The van der Waals surface area contributed by atoms with E-state index in [1.165, 1.54) is 12.3 Å². The molecule has 3 aromatic rings. The number of amides is 1. The largest absolute Gasteiger partial charge is 0.487 e. The summed E-state index contributed by atoms with van der Waals surface area (Å²) in [5, 5.41) is 0.532. The summed E-state index contributed by atoms with van der Waals surface area (Å²) in [5.74, 6) is -0.813. The number of anilines is 2. The maximum absolute atomic E-state index is 15.4. The van der Waals surface area contributed by atoms with E-state index in [1.807, 2.05) is 23.4 Å². The fraction of sp³-hybridized carbons (Fsp3) is 0.333. The van der Waals surface area contributed by atoms with E-state index in [0.717, 1.165) is 13.1 Å². The average molecular weight is 486 g/mol. The minimum Gasteiger partial charge on any atom is -0.487 e. The minimum absolute atomic E-state index is 0.0986. The number of carbonyl (C=O) groups is 1. The van der Waals surface area contributed by atoms with Gasteiger partial charge in [0.1, 0.15) is 17.9 Å². The molecule has 1 aromatic heterocycles. The molecule has 3 heterocycles. The van der Waals surface area contributed by atoms with Crippen molar-refractivity contribution in [1.29, 1.82) is 0 Å². The Bertz CT molecular complexity index is 1340. The van der Waals surface area contributed by atoms with Gasteiger partial charge in [0.15, 0.2) is 11.6 Å². The molecule has 5 rings (SSSR count). The second kappa shape index (κ2) is 8.81. The van der Waals surface area contributed by atoms with Gasteiger partial charge in [-0.15, -0.1) is 0 Å². The number of piperazine rings is 1. The van der Waals surface area contributed by atoms with Gasteiger partial charge in [-0.25, -0.2) is 4.39 Å². The normalized spacial score (nSPS) is 18.0. The molecular formula is C24H25ClFN5O3. The zero-order valence-corrected chi connectivity index (χ0v) is 19.7. The molecule has 1 amide bonds. The van der Waals surface area contributed by atoms with Crippen LogP contribution in [0.15, 0.2) is 41.3 Å². The highest BCUT2D eigenvalue weighted by Crippen LogP contribution is 2.42. The van der Waals surface area contributed by atoms with Crippen LogP contribution in [0.1, 0.15) is 23.3 Å². The lowest BCUT2D eigenvalue weighted by Gasteiger charge is -2.37. The van der Waals surface area contributed by atoms with Crippen LogP contribution in [0.25, 0.3) is 10.9 Å². The molecule has 0 spiro atoms. The van der Waals surface area contributed by atoms with Gasteiger partial charge in [0.2, 0.25) is 5.43 Å². The van der Waals surface area contributed by atoms with E-state index < -0.39 is 17.2 Å². The number of hydrogen-bond acceptors (Lipinski definition) is 6. The van der Waals surface area contributed by atoms with Crippen molar-refractivity contribution in [2.24, 2.45) is 0 Å². The topological polar surface area (TPSA) is 78.8 Å². The van der Waals surface area contributed by atoms with Crippen molar-refractivity contribution in [3.8, 4) is 5.75 Å². The Morgan fingerprint density at radius 1 is 1.21 bits per heavy atom. The van der Waals surface area contributed by atoms with Gasteiger partial charge in [0, 0.05) is 32.4 Å². The predicted molar refractivity (Wildman–Crippen MR) is 131 cm³/mol. The van der Waals surface area contributed by atoms with Gasteiger partial charge in [-0.05, 0) is 32.2 Å². The van der Waals surface area contributed by atoms with Gasteiger partial charge in [0.05, 0.1) is 27.7 Å². The van der Waals surface area contributed by atoms with E-state index in [-0.39, 0.29) is 17.0 Å². The summed E-state index contributed by atoms with van der Waals surface area (Å²) in [5.41, 5.74) is 5.97. The molecule has 178 valence electrons. The first-order valence-corrected chi connectivity index (χ1v) is 11.5. The number of pyridine rings is 1. The van der Waals surface area contributed by atoms with E-state index in [2.05, 4.69) is 15.8 Å². The maximum atomic E-state index is 15.4. The van der Waals surface area contributed by atoms with Crippen LogP contribution in [0.2, 0.25) is 5.02 Å². The Morgan fingerprint density at radius 3 is 2.68 bits per heavy atom. The number of hydrogen-bond donors (Lipinski definition) is 2. The third-order valence-electron chi connectivity index (χ3n) is 6.39. The van der Waals surface area contributed by atoms with Crippen LogP contribution in [0, 0.1) is 5.82 Å². The van der Waals surface area contributed by atoms with Crippen molar-refractivity contribution in [1.82, 2.24) is 14.9 Å². The number of halogens is 2. The van der Waals surface area contributed by atoms with E-state index in [9.17, 15) is 9.59 Å². The quantitative estimate of drug-likeness (QED) is 0.552. The Morgan fingerprint density at radius 2 is 1.94 bits per heavy atom. The fourth-order valence-electron chi connectivity index (χ4n) is 4.45. The highest BCUT2D eigenvalue weighted by Gasteiger charge is 2.31. The number of likely N-dealkylation sites (N-methyl/N-ethyl adjacent to an activating group) is 1. The van der Waals surface area contributed by atoms with Gasteiger partial charge in [0.25, 0.3) is 5.91 Å². The van der Waals surface area contributed by atoms with Gasteiger partial charge in [-0.2, -0.15) is 0 Å². The van der Waals surface area contributed by atoms with Gasteiger partial charge in [-0.3, -0.25) is 20.4 Å². The molecule has 0 aliphatic carbocycles. The number of nitrogens with zero attached hydrogens (tertiary/aromatic N) is 3. The molecule has 0 saturated carbocycles. The number of carbonyl (C=O) groups excluding carboxylic acids is 1. The molecule has 2 aliphatic heterocycles. The lowest BCUT2D eigenvalue weighted by Crippen LogP contribution is -2.45. The highest BCUT2D eigenvalue weighted by atomic mass is 35.5. The second-order valence-electron chi connectivity index (χ2n) is 8.72. The number of para-hydroxylation sites is 1. The molecule has 0 radical (unpaired) electrons. The van der Waals surface area contributed by atoms with E-state index in [0.29, 0.717) is 47.4 Å². The van der Waals surface area contributed by atoms with Crippen LogP contribution in [0.4, 0.5) is 15.8 Å². The average Bonchev–Trinajstić information content (AvgIpc) is 2.82. The van der Waals surface area contributed by atoms with Crippen LogP contribution in [-0.2, 0) is 0 Å². The molecule has 1 saturated heterocycles. The molecule has 2 N–H and O–H groups in total. The summed E-state index contributed by atoms with van der Waals surface area (Å²) in [6.07, 6.45) is 1.52. The zero-order valence-electron chi connectivity index (χ0n) is 18.9. The molecule has 10 heteroatoms. The molecule has 34 heavy (non-hydrogen) atoms. The maximum Gasteiger partial charge on any atom is 0.275 e. The number of benzene rings is 2. The molecule has 2 aromatic carbocycles. The van der Waals surface area contributed by atoms with Crippen molar-refractivity contribution in [2.45, 2.75) is 13.0 Å². The van der Waals surface area contributed by atoms with Crippen LogP contribution < -0.4 is 25.9 Å². The van der Waals surface area contributed by atoms with Gasteiger partial charge in [-0.1, -0.05) is 23.7 Å².